The highest BCUT2D eigenvalue weighted by atomic mass is 35.5. The highest BCUT2D eigenvalue weighted by molar-refractivity contribution is 6.30. The quantitative estimate of drug-likeness (QED) is 0.766. The van der Waals surface area contributed by atoms with Crippen molar-refractivity contribution in [1.82, 2.24) is 10.3 Å². The summed E-state index contributed by atoms with van der Waals surface area (Å²) >= 11 is 5.87. The van der Waals surface area contributed by atoms with Crippen LogP contribution in [-0.2, 0) is 16.0 Å². The van der Waals surface area contributed by atoms with Crippen molar-refractivity contribution in [2.45, 2.75) is 50.5 Å². The maximum Gasteiger partial charge on any atom is 0.305 e. The molecule has 2 N–H and O–H groups in total. The van der Waals surface area contributed by atoms with E-state index in [2.05, 4.69) is 10.3 Å². The van der Waals surface area contributed by atoms with Crippen LogP contribution in [0.5, 0.6) is 0 Å². The van der Waals surface area contributed by atoms with Gasteiger partial charge in [-0.05, 0) is 37.1 Å². The zero-order valence-electron chi connectivity index (χ0n) is 14.3. The molecule has 0 radical (unpaired) electrons. The highest BCUT2D eigenvalue weighted by Crippen LogP contribution is 2.32. The molecule has 138 valence electrons. The van der Waals surface area contributed by atoms with Gasteiger partial charge in [0.1, 0.15) is 0 Å². The first kappa shape index (κ1) is 18.5. The molecule has 26 heavy (non-hydrogen) atoms. The van der Waals surface area contributed by atoms with Gasteiger partial charge in [0.05, 0.1) is 18.2 Å². The minimum Gasteiger partial charge on any atom is -0.481 e. The Morgan fingerprint density at radius 3 is 2.58 bits per heavy atom. The van der Waals surface area contributed by atoms with E-state index in [-0.39, 0.29) is 18.7 Å². The van der Waals surface area contributed by atoms with E-state index in [9.17, 15) is 9.59 Å². The van der Waals surface area contributed by atoms with Crippen LogP contribution in [0.3, 0.4) is 0 Å². The van der Waals surface area contributed by atoms with Gasteiger partial charge in [-0.2, -0.15) is 0 Å². The number of aryl methyl sites for hydroxylation is 1. The summed E-state index contributed by atoms with van der Waals surface area (Å²) in [5, 5.41) is 12.7. The molecule has 1 aromatic heterocycles. The first-order valence-corrected chi connectivity index (χ1v) is 9.07. The predicted octanol–water partition coefficient (Wildman–Crippen LogP) is 3.83. The second kappa shape index (κ2) is 7.91. The smallest absolute Gasteiger partial charge is 0.305 e. The van der Waals surface area contributed by atoms with Crippen molar-refractivity contribution in [1.29, 1.82) is 0 Å². The van der Waals surface area contributed by atoms with Gasteiger partial charge in [0.2, 0.25) is 5.91 Å². The molecule has 1 aliphatic rings. The number of hydrogen-bond donors (Lipinski definition) is 2. The van der Waals surface area contributed by atoms with Crippen molar-refractivity contribution >= 4 is 23.5 Å². The molecule has 2 aromatic rings. The van der Waals surface area contributed by atoms with Crippen molar-refractivity contribution < 1.29 is 19.1 Å². The number of carbonyl (C=O) groups excluding carboxylic acids is 1. The molecule has 7 heteroatoms. The molecule has 6 nitrogen and oxygen atoms in total. The third kappa shape index (κ3) is 4.64. The summed E-state index contributed by atoms with van der Waals surface area (Å²) < 4.78 is 5.69. The molecule has 0 bridgehead atoms. The number of aliphatic carboxylic acids is 1. The molecule has 0 unspecified atom stereocenters. The average molecular weight is 377 g/mol. The lowest BCUT2D eigenvalue weighted by Gasteiger charge is -2.28. The van der Waals surface area contributed by atoms with Gasteiger partial charge in [0.25, 0.3) is 0 Å². The van der Waals surface area contributed by atoms with Crippen LogP contribution < -0.4 is 5.32 Å². The van der Waals surface area contributed by atoms with Crippen molar-refractivity contribution in [3.05, 3.63) is 41.4 Å². The van der Waals surface area contributed by atoms with E-state index in [1.807, 2.05) is 12.1 Å². The third-order valence-electron chi connectivity index (χ3n) is 4.70. The van der Waals surface area contributed by atoms with Crippen LogP contribution in [0.15, 0.2) is 34.9 Å². The van der Waals surface area contributed by atoms with E-state index < -0.39 is 11.5 Å². The molecule has 3 rings (SSSR count). The van der Waals surface area contributed by atoms with Gasteiger partial charge in [-0.3, -0.25) is 9.59 Å². The number of carboxylic acids is 1. The van der Waals surface area contributed by atoms with Gasteiger partial charge >= 0.3 is 5.97 Å². The molecule has 0 atom stereocenters. The molecular formula is C19H21ClN2O4. The molecule has 1 fully saturated rings. The van der Waals surface area contributed by atoms with Crippen LogP contribution in [0.25, 0.3) is 11.3 Å². The van der Waals surface area contributed by atoms with Gasteiger partial charge in [0, 0.05) is 23.4 Å². The molecule has 1 aromatic carbocycles. The highest BCUT2D eigenvalue weighted by Gasteiger charge is 2.37. The van der Waals surface area contributed by atoms with Crippen LogP contribution in [0, 0.1) is 0 Å². The summed E-state index contributed by atoms with van der Waals surface area (Å²) in [5.74, 6) is 0.0472. The maximum atomic E-state index is 12.3. The fraction of sp³-hybridized carbons (Fsp3) is 0.421. The van der Waals surface area contributed by atoms with Gasteiger partial charge < -0.3 is 14.8 Å². The number of benzene rings is 1. The monoisotopic (exact) mass is 376 g/mol. The van der Waals surface area contributed by atoms with Crippen molar-refractivity contribution in [3.63, 3.8) is 0 Å². The lowest BCUT2D eigenvalue weighted by atomic mass is 9.93. The first-order valence-electron chi connectivity index (χ1n) is 8.69. The van der Waals surface area contributed by atoms with Gasteiger partial charge in [-0.15, -0.1) is 0 Å². The van der Waals surface area contributed by atoms with Gasteiger partial charge in [-0.1, -0.05) is 24.4 Å². The number of rotatable bonds is 7. The van der Waals surface area contributed by atoms with E-state index in [4.69, 9.17) is 21.1 Å². The zero-order chi connectivity index (χ0) is 18.6. The summed E-state index contributed by atoms with van der Waals surface area (Å²) in [5.41, 5.74) is 0.262. The van der Waals surface area contributed by atoms with Crippen LogP contribution in [0.1, 0.15) is 44.4 Å². The molecule has 0 aliphatic heterocycles. The van der Waals surface area contributed by atoms with E-state index in [0.29, 0.717) is 35.9 Å². The minimum absolute atomic E-state index is 0.0293. The molecule has 0 spiro atoms. The number of carbonyl (C=O) groups is 2. The van der Waals surface area contributed by atoms with Crippen LogP contribution in [0.2, 0.25) is 5.02 Å². The topological polar surface area (TPSA) is 92.4 Å². The Kier molecular flexibility index (Phi) is 5.61. The molecular weight excluding hydrogens is 356 g/mol. The molecule has 1 amide bonds. The van der Waals surface area contributed by atoms with Crippen molar-refractivity contribution in [3.8, 4) is 11.3 Å². The largest absolute Gasteiger partial charge is 0.481 e. The number of hydrogen-bond acceptors (Lipinski definition) is 4. The zero-order valence-corrected chi connectivity index (χ0v) is 15.1. The number of halogens is 1. The molecule has 1 heterocycles. The van der Waals surface area contributed by atoms with Crippen molar-refractivity contribution in [2.24, 2.45) is 0 Å². The Hall–Kier alpha value is -2.34. The second-order valence-corrected chi connectivity index (χ2v) is 7.17. The van der Waals surface area contributed by atoms with E-state index in [1.54, 1.807) is 18.3 Å². The lowest BCUT2D eigenvalue weighted by Crippen LogP contribution is -2.47. The normalized spacial score (nSPS) is 15.7. The SMILES string of the molecule is O=C(O)CC1(NC(=O)CCc2ncc(-c3ccc(Cl)cc3)o2)CCCC1. The van der Waals surface area contributed by atoms with Crippen LogP contribution >= 0.6 is 11.6 Å². The summed E-state index contributed by atoms with van der Waals surface area (Å²) in [4.78, 5) is 27.6. The Labute approximate surface area is 156 Å². The Balaban J connectivity index is 1.56. The summed E-state index contributed by atoms with van der Waals surface area (Å²) in [6, 6.07) is 7.23. The third-order valence-corrected chi connectivity index (χ3v) is 4.96. The summed E-state index contributed by atoms with van der Waals surface area (Å²) in [7, 11) is 0. The van der Waals surface area contributed by atoms with E-state index in [1.165, 1.54) is 0 Å². The predicted molar refractivity (Wildman–Crippen MR) is 96.9 cm³/mol. The fourth-order valence-electron chi connectivity index (χ4n) is 3.44. The van der Waals surface area contributed by atoms with Crippen LogP contribution in [-0.4, -0.2) is 27.5 Å². The standard InChI is InChI=1S/C19H21ClN2O4/c20-14-5-3-13(4-6-14)15-12-21-17(26-15)8-7-16(23)22-19(11-18(24)25)9-1-2-10-19/h3-6,12H,1-2,7-11H2,(H,22,23)(H,24,25). The van der Waals surface area contributed by atoms with Crippen LogP contribution in [0.4, 0.5) is 0 Å². The van der Waals surface area contributed by atoms with Gasteiger partial charge in [0.15, 0.2) is 11.7 Å². The summed E-state index contributed by atoms with van der Waals surface area (Å²) in [6.45, 7) is 0. The number of oxazole rings is 1. The van der Waals surface area contributed by atoms with E-state index >= 15 is 0 Å². The second-order valence-electron chi connectivity index (χ2n) is 6.73. The fourth-order valence-corrected chi connectivity index (χ4v) is 3.57. The maximum absolute atomic E-state index is 12.3. The number of amides is 1. The average Bonchev–Trinajstić information content (AvgIpc) is 3.23. The molecule has 0 saturated heterocycles. The number of nitrogens with zero attached hydrogens (tertiary/aromatic N) is 1. The van der Waals surface area contributed by atoms with E-state index in [0.717, 1.165) is 18.4 Å². The Morgan fingerprint density at radius 2 is 1.92 bits per heavy atom. The number of nitrogens with one attached hydrogen (secondary N) is 1. The number of carboxylic acid groups (broad SMARTS) is 1. The number of aromatic nitrogens is 1. The van der Waals surface area contributed by atoms with Gasteiger partial charge in [-0.25, -0.2) is 4.98 Å². The summed E-state index contributed by atoms with van der Waals surface area (Å²) in [6.07, 6.45) is 5.48. The Morgan fingerprint density at radius 1 is 1.23 bits per heavy atom. The minimum atomic E-state index is -0.882. The molecule has 1 aliphatic carbocycles. The van der Waals surface area contributed by atoms with Crippen molar-refractivity contribution in [2.75, 3.05) is 0 Å². The Bertz CT molecular complexity index is 779. The first-order chi connectivity index (χ1) is 12.5. The molecule has 1 saturated carbocycles. The lowest BCUT2D eigenvalue weighted by molar-refractivity contribution is -0.139.